The van der Waals surface area contributed by atoms with Gasteiger partial charge in [-0.15, -0.1) is 12.4 Å². The van der Waals surface area contributed by atoms with Crippen LogP contribution in [0, 0.1) is 11.3 Å². The molecule has 0 heterocycles. The molecule has 0 spiro atoms. The van der Waals surface area contributed by atoms with Crippen molar-refractivity contribution in [2.75, 3.05) is 33.9 Å². The van der Waals surface area contributed by atoms with Crippen LogP contribution < -0.4 is 11.1 Å². The van der Waals surface area contributed by atoms with E-state index < -0.39 is 6.04 Å². The number of hydrogen-bond donors (Lipinski definition) is 2. The summed E-state index contributed by atoms with van der Waals surface area (Å²) in [6.07, 6.45) is 0. The molecular weight excluding hydrogens is 294 g/mol. The van der Waals surface area contributed by atoms with E-state index in [1.54, 1.807) is 11.9 Å². The second kappa shape index (κ2) is 9.97. The molecule has 0 aromatic heterocycles. The van der Waals surface area contributed by atoms with Crippen LogP contribution in [0.1, 0.15) is 27.7 Å². The molecule has 21 heavy (non-hydrogen) atoms. The summed E-state index contributed by atoms with van der Waals surface area (Å²) < 4.78 is 4.77. The SMILES string of the molecule is COCC(=O)N[C@H](C(=O)N(C)CC(C)(C)CN)C(C)C.Cl. The molecule has 1 atom stereocenters. The summed E-state index contributed by atoms with van der Waals surface area (Å²) in [4.78, 5) is 25.7. The highest BCUT2D eigenvalue weighted by Crippen LogP contribution is 2.15. The van der Waals surface area contributed by atoms with E-state index in [2.05, 4.69) is 5.32 Å². The topological polar surface area (TPSA) is 84.7 Å². The molecule has 6 nitrogen and oxygen atoms in total. The van der Waals surface area contributed by atoms with Crippen LogP contribution in [-0.2, 0) is 14.3 Å². The van der Waals surface area contributed by atoms with Crippen molar-refractivity contribution in [3.63, 3.8) is 0 Å². The number of rotatable bonds is 8. The average Bonchev–Trinajstić information content (AvgIpc) is 2.34. The Hall–Kier alpha value is -0.850. The molecule has 0 aliphatic carbocycles. The van der Waals surface area contributed by atoms with Crippen molar-refractivity contribution in [1.82, 2.24) is 10.2 Å². The molecule has 0 aromatic rings. The number of likely N-dealkylation sites (N-methyl/N-ethyl adjacent to an activating group) is 1. The van der Waals surface area contributed by atoms with E-state index in [0.717, 1.165) is 0 Å². The molecule has 0 fully saturated rings. The minimum atomic E-state index is -0.545. The fourth-order valence-corrected chi connectivity index (χ4v) is 1.88. The van der Waals surface area contributed by atoms with Crippen LogP contribution in [0.3, 0.4) is 0 Å². The molecule has 3 N–H and O–H groups in total. The standard InChI is InChI=1S/C14H29N3O3.ClH/c1-10(2)12(16-11(18)7-20-6)13(19)17(5)9-14(3,4)8-15;/h10,12H,7-9,15H2,1-6H3,(H,16,18);1H/t12-;/m0./s1. The smallest absolute Gasteiger partial charge is 0.246 e. The first-order valence-corrected chi connectivity index (χ1v) is 6.88. The zero-order chi connectivity index (χ0) is 15.9. The van der Waals surface area contributed by atoms with E-state index in [-0.39, 0.29) is 42.2 Å². The van der Waals surface area contributed by atoms with Crippen LogP contribution >= 0.6 is 12.4 Å². The highest BCUT2D eigenvalue weighted by Gasteiger charge is 2.29. The fraction of sp³-hybridized carbons (Fsp3) is 0.857. The summed E-state index contributed by atoms with van der Waals surface area (Å²) in [6, 6.07) is -0.545. The van der Waals surface area contributed by atoms with Gasteiger partial charge in [-0.25, -0.2) is 0 Å². The van der Waals surface area contributed by atoms with Crippen molar-refractivity contribution >= 4 is 24.2 Å². The molecule has 2 amide bonds. The second-order valence-electron chi connectivity index (χ2n) is 6.28. The van der Waals surface area contributed by atoms with Crippen LogP contribution in [0.15, 0.2) is 0 Å². The Kier molecular flexibility index (Phi) is 10.7. The van der Waals surface area contributed by atoms with Crippen LogP contribution in [0.25, 0.3) is 0 Å². The molecule has 0 saturated heterocycles. The second-order valence-corrected chi connectivity index (χ2v) is 6.28. The Morgan fingerprint density at radius 2 is 1.86 bits per heavy atom. The number of hydrogen-bond acceptors (Lipinski definition) is 4. The summed E-state index contributed by atoms with van der Waals surface area (Å²) in [5.41, 5.74) is 5.54. The fourth-order valence-electron chi connectivity index (χ4n) is 1.88. The summed E-state index contributed by atoms with van der Waals surface area (Å²) in [5, 5.41) is 2.72. The monoisotopic (exact) mass is 323 g/mol. The van der Waals surface area contributed by atoms with Gasteiger partial charge >= 0.3 is 0 Å². The Balaban J connectivity index is 0. The van der Waals surface area contributed by atoms with Gasteiger partial charge in [0.25, 0.3) is 0 Å². The zero-order valence-electron chi connectivity index (χ0n) is 13.9. The van der Waals surface area contributed by atoms with E-state index in [1.165, 1.54) is 7.11 Å². The molecule has 0 aromatic carbocycles. The van der Waals surface area contributed by atoms with Gasteiger partial charge < -0.3 is 20.7 Å². The van der Waals surface area contributed by atoms with Crippen molar-refractivity contribution < 1.29 is 14.3 Å². The van der Waals surface area contributed by atoms with Gasteiger partial charge in [0, 0.05) is 20.7 Å². The predicted octanol–water partition coefficient (Wildman–Crippen LogP) is 0.639. The molecular formula is C14H30ClN3O3. The first kappa shape index (κ1) is 22.4. The van der Waals surface area contributed by atoms with E-state index in [4.69, 9.17) is 10.5 Å². The highest BCUT2D eigenvalue weighted by atomic mass is 35.5. The lowest BCUT2D eigenvalue weighted by Crippen LogP contribution is -2.53. The molecule has 0 radical (unpaired) electrons. The molecule has 7 heteroatoms. The van der Waals surface area contributed by atoms with Gasteiger partial charge in [-0.1, -0.05) is 27.7 Å². The van der Waals surface area contributed by atoms with Gasteiger partial charge in [0.2, 0.25) is 11.8 Å². The van der Waals surface area contributed by atoms with Crippen molar-refractivity contribution in [3.8, 4) is 0 Å². The highest BCUT2D eigenvalue weighted by molar-refractivity contribution is 5.88. The number of nitrogens with one attached hydrogen (secondary N) is 1. The molecule has 0 bridgehead atoms. The Morgan fingerprint density at radius 1 is 1.33 bits per heavy atom. The molecule has 126 valence electrons. The van der Waals surface area contributed by atoms with E-state index in [0.29, 0.717) is 13.1 Å². The third-order valence-corrected chi connectivity index (χ3v) is 3.12. The van der Waals surface area contributed by atoms with E-state index >= 15 is 0 Å². The summed E-state index contributed by atoms with van der Waals surface area (Å²) in [6.45, 7) is 8.80. The van der Waals surface area contributed by atoms with Crippen LogP contribution in [0.5, 0.6) is 0 Å². The van der Waals surface area contributed by atoms with Crippen molar-refractivity contribution in [2.45, 2.75) is 33.7 Å². The van der Waals surface area contributed by atoms with Gasteiger partial charge in [0.15, 0.2) is 0 Å². The largest absolute Gasteiger partial charge is 0.375 e. The first-order chi connectivity index (χ1) is 9.14. The minimum absolute atomic E-state index is 0. The number of carbonyl (C=O) groups excluding carboxylic acids is 2. The number of carbonyl (C=O) groups is 2. The van der Waals surface area contributed by atoms with Gasteiger partial charge in [-0.2, -0.15) is 0 Å². The lowest BCUT2D eigenvalue weighted by atomic mass is 9.92. The third kappa shape index (κ3) is 8.24. The van der Waals surface area contributed by atoms with Gasteiger partial charge in [0.1, 0.15) is 12.6 Å². The maximum Gasteiger partial charge on any atom is 0.246 e. The normalized spacial score (nSPS) is 12.6. The molecule has 0 aliphatic rings. The number of methoxy groups -OCH3 is 1. The maximum absolute atomic E-state index is 12.4. The molecule has 0 rings (SSSR count). The summed E-state index contributed by atoms with van der Waals surface area (Å²) in [5.74, 6) is -0.385. The predicted molar refractivity (Wildman–Crippen MR) is 86.4 cm³/mol. The van der Waals surface area contributed by atoms with E-state index in [1.807, 2.05) is 27.7 Å². The number of amides is 2. The maximum atomic E-state index is 12.4. The average molecular weight is 324 g/mol. The molecule has 0 unspecified atom stereocenters. The van der Waals surface area contributed by atoms with Gasteiger partial charge in [-0.05, 0) is 17.9 Å². The zero-order valence-corrected chi connectivity index (χ0v) is 14.8. The van der Waals surface area contributed by atoms with Gasteiger partial charge in [0.05, 0.1) is 0 Å². The van der Waals surface area contributed by atoms with Gasteiger partial charge in [-0.3, -0.25) is 9.59 Å². The quantitative estimate of drug-likeness (QED) is 0.686. The number of nitrogens with zero attached hydrogens (tertiary/aromatic N) is 1. The van der Waals surface area contributed by atoms with Crippen LogP contribution in [-0.4, -0.2) is 56.6 Å². The van der Waals surface area contributed by atoms with E-state index in [9.17, 15) is 9.59 Å². The number of nitrogens with two attached hydrogens (primary N) is 1. The summed E-state index contributed by atoms with van der Waals surface area (Å²) >= 11 is 0. The third-order valence-electron chi connectivity index (χ3n) is 3.12. The lowest BCUT2D eigenvalue weighted by molar-refractivity contribution is -0.138. The lowest BCUT2D eigenvalue weighted by Gasteiger charge is -2.32. The van der Waals surface area contributed by atoms with Crippen molar-refractivity contribution in [1.29, 1.82) is 0 Å². The molecule has 0 aliphatic heterocycles. The minimum Gasteiger partial charge on any atom is -0.375 e. The number of halogens is 1. The Labute approximate surface area is 134 Å². The number of ether oxygens (including phenoxy) is 1. The van der Waals surface area contributed by atoms with Crippen molar-refractivity contribution in [3.05, 3.63) is 0 Å². The molecule has 0 saturated carbocycles. The van der Waals surface area contributed by atoms with Crippen molar-refractivity contribution in [2.24, 2.45) is 17.1 Å². The Bertz CT molecular complexity index is 335. The summed E-state index contributed by atoms with van der Waals surface area (Å²) in [7, 11) is 3.18. The van der Waals surface area contributed by atoms with Crippen LogP contribution in [0.2, 0.25) is 0 Å². The first-order valence-electron chi connectivity index (χ1n) is 6.88. The van der Waals surface area contributed by atoms with Crippen LogP contribution in [0.4, 0.5) is 0 Å². The Morgan fingerprint density at radius 3 is 2.24 bits per heavy atom.